The van der Waals surface area contributed by atoms with E-state index in [-0.39, 0.29) is 18.1 Å². The van der Waals surface area contributed by atoms with Crippen LogP contribution < -0.4 is 24.4 Å². The molecule has 2 aromatic rings. The summed E-state index contributed by atoms with van der Waals surface area (Å²) in [7, 11) is 4.98. The van der Waals surface area contributed by atoms with Gasteiger partial charge in [0, 0.05) is 43.0 Å². The molecule has 0 spiro atoms. The number of methoxy groups -OCH3 is 3. The number of urea groups is 1. The second kappa shape index (κ2) is 10.0. The molecule has 0 aliphatic carbocycles. The predicted molar refractivity (Wildman–Crippen MR) is 125 cm³/mol. The lowest BCUT2D eigenvalue weighted by Crippen LogP contribution is -2.49. The number of piperidine rings is 1. The van der Waals surface area contributed by atoms with Crippen molar-refractivity contribution in [3.63, 3.8) is 0 Å². The molecule has 172 valence electrons. The van der Waals surface area contributed by atoms with Crippen LogP contribution in [-0.2, 0) is 0 Å². The average Bonchev–Trinajstić information content (AvgIpc) is 3.34. The van der Waals surface area contributed by atoms with E-state index in [1.807, 2.05) is 35.2 Å². The van der Waals surface area contributed by atoms with Crippen molar-refractivity contribution < 1.29 is 19.0 Å². The first-order valence-corrected chi connectivity index (χ1v) is 11.3. The fourth-order valence-electron chi connectivity index (χ4n) is 4.76. The van der Waals surface area contributed by atoms with Crippen LogP contribution in [0.15, 0.2) is 42.5 Å². The van der Waals surface area contributed by atoms with Gasteiger partial charge in [0.25, 0.3) is 0 Å². The molecule has 2 aliphatic rings. The number of anilines is 1. The molecular weight excluding hydrogens is 406 g/mol. The second-order valence-corrected chi connectivity index (χ2v) is 8.37. The van der Waals surface area contributed by atoms with Crippen LogP contribution >= 0.6 is 0 Å². The Hall–Kier alpha value is -3.09. The number of likely N-dealkylation sites (tertiary alicyclic amines) is 1. The van der Waals surface area contributed by atoms with Gasteiger partial charge >= 0.3 is 6.03 Å². The lowest BCUT2D eigenvalue weighted by molar-refractivity contribution is 0.185. The zero-order valence-electron chi connectivity index (χ0n) is 19.2. The largest absolute Gasteiger partial charge is 0.497 e. The number of rotatable bonds is 6. The van der Waals surface area contributed by atoms with Gasteiger partial charge in [-0.2, -0.15) is 0 Å². The molecule has 1 atom stereocenters. The van der Waals surface area contributed by atoms with Crippen LogP contribution in [0.2, 0.25) is 0 Å². The van der Waals surface area contributed by atoms with Gasteiger partial charge in [0.2, 0.25) is 0 Å². The van der Waals surface area contributed by atoms with Crippen LogP contribution in [0.5, 0.6) is 17.2 Å². The van der Waals surface area contributed by atoms with Crippen molar-refractivity contribution >= 4 is 11.7 Å². The third kappa shape index (κ3) is 4.71. The Labute approximate surface area is 190 Å². The quantitative estimate of drug-likeness (QED) is 0.730. The minimum absolute atomic E-state index is 0.0215. The Kier molecular flexibility index (Phi) is 6.93. The highest BCUT2D eigenvalue weighted by molar-refractivity contribution is 5.75. The normalized spacial score (nSPS) is 19.0. The molecule has 7 nitrogen and oxygen atoms in total. The maximum atomic E-state index is 13.2. The summed E-state index contributed by atoms with van der Waals surface area (Å²) in [6.07, 6.45) is 3.79. The van der Waals surface area contributed by atoms with E-state index in [2.05, 4.69) is 22.3 Å². The number of nitrogens with one attached hydrogen (secondary N) is 1. The summed E-state index contributed by atoms with van der Waals surface area (Å²) < 4.78 is 16.2. The Morgan fingerprint density at radius 2 is 1.56 bits per heavy atom. The standard InChI is InChI=1S/C25H33N3O4/c1-30-20-8-6-19(7-9-20)27-15-12-18(13-16-27)26-25(29)28-14-4-5-23(28)22-11-10-21(31-2)17-24(22)32-3/h6-11,17-18,23H,4-5,12-16H2,1-3H3,(H,26,29). The fraction of sp³-hybridized carbons (Fsp3) is 0.480. The van der Waals surface area contributed by atoms with E-state index < -0.39 is 0 Å². The lowest BCUT2D eigenvalue weighted by atomic mass is 10.0. The summed E-state index contributed by atoms with van der Waals surface area (Å²) >= 11 is 0. The van der Waals surface area contributed by atoms with Gasteiger partial charge in [0.15, 0.2) is 0 Å². The van der Waals surface area contributed by atoms with Crippen molar-refractivity contribution in [2.75, 3.05) is 45.9 Å². The average molecular weight is 440 g/mol. The maximum absolute atomic E-state index is 13.2. The zero-order chi connectivity index (χ0) is 22.5. The molecule has 2 fully saturated rings. The molecule has 0 bridgehead atoms. The number of amides is 2. The zero-order valence-corrected chi connectivity index (χ0v) is 19.2. The SMILES string of the molecule is COc1ccc(N2CCC(NC(=O)N3CCCC3c3ccc(OC)cc3OC)CC2)cc1. The molecule has 2 aliphatic heterocycles. The molecule has 4 rings (SSSR count). The van der Waals surface area contributed by atoms with Gasteiger partial charge in [-0.1, -0.05) is 0 Å². The lowest BCUT2D eigenvalue weighted by Gasteiger charge is -2.35. The van der Waals surface area contributed by atoms with E-state index in [1.165, 1.54) is 5.69 Å². The molecule has 1 N–H and O–H groups in total. The summed E-state index contributed by atoms with van der Waals surface area (Å²) in [5.74, 6) is 2.38. The van der Waals surface area contributed by atoms with Crippen LogP contribution in [0.3, 0.4) is 0 Å². The molecule has 0 radical (unpaired) electrons. The van der Waals surface area contributed by atoms with Gasteiger partial charge < -0.3 is 29.3 Å². The molecular formula is C25H33N3O4. The Bertz CT molecular complexity index is 910. The van der Waals surface area contributed by atoms with Gasteiger partial charge in [-0.05, 0) is 62.1 Å². The number of carbonyl (C=O) groups excluding carboxylic acids is 1. The third-order valence-corrected chi connectivity index (χ3v) is 6.57. The third-order valence-electron chi connectivity index (χ3n) is 6.57. The van der Waals surface area contributed by atoms with Crippen LogP contribution in [0.4, 0.5) is 10.5 Å². The van der Waals surface area contributed by atoms with Crippen LogP contribution in [0, 0.1) is 0 Å². The molecule has 32 heavy (non-hydrogen) atoms. The van der Waals surface area contributed by atoms with Crippen LogP contribution in [-0.4, -0.2) is 57.9 Å². The summed E-state index contributed by atoms with van der Waals surface area (Å²) in [6, 6.07) is 14.2. The van der Waals surface area contributed by atoms with Gasteiger partial charge in [0.05, 0.1) is 27.4 Å². The van der Waals surface area contributed by atoms with Crippen LogP contribution in [0.25, 0.3) is 0 Å². The number of ether oxygens (including phenoxy) is 3. The number of hydrogen-bond acceptors (Lipinski definition) is 5. The van der Waals surface area contributed by atoms with Gasteiger partial charge in [-0.25, -0.2) is 4.79 Å². The topological polar surface area (TPSA) is 63.3 Å². The Morgan fingerprint density at radius 1 is 0.875 bits per heavy atom. The molecule has 2 aromatic carbocycles. The van der Waals surface area contributed by atoms with E-state index in [0.29, 0.717) is 0 Å². The summed E-state index contributed by atoms with van der Waals surface area (Å²) in [5, 5.41) is 3.29. The number of benzene rings is 2. The molecule has 2 heterocycles. The van der Waals surface area contributed by atoms with E-state index in [4.69, 9.17) is 14.2 Å². The molecule has 1 unspecified atom stereocenters. The van der Waals surface area contributed by atoms with Gasteiger partial charge in [-0.3, -0.25) is 0 Å². The van der Waals surface area contributed by atoms with Crippen molar-refractivity contribution in [3.05, 3.63) is 48.0 Å². The molecule has 2 saturated heterocycles. The first-order valence-electron chi connectivity index (χ1n) is 11.3. The van der Waals surface area contributed by atoms with Crippen molar-refractivity contribution in [1.82, 2.24) is 10.2 Å². The van der Waals surface area contributed by atoms with Crippen LogP contribution in [0.1, 0.15) is 37.3 Å². The highest BCUT2D eigenvalue weighted by Gasteiger charge is 2.33. The predicted octanol–water partition coefficient (Wildman–Crippen LogP) is 4.23. The highest BCUT2D eigenvalue weighted by atomic mass is 16.5. The number of nitrogens with zero attached hydrogens (tertiary/aromatic N) is 2. The summed E-state index contributed by atoms with van der Waals surface area (Å²) in [5.41, 5.74) is 2.23. The first-order chi connectivity index (χ1) is 15.6. The monoisotopic (exact) mass is 439 g/mol. The Morgan fingerprint density at radius 3 is 2.22 bits per heavy atom. The van der Waals surface area contributed by atoms with E-state index >= 15 is 0 Å². The second-order valence-electron chi connectivity index (χ2n) is 8.37. The van der Waals surface area contributed by atoms with Crippen molar-refractivity contribution in [3.8, 4) is 17.2 Å². The van der Waals surface area contributed by atoms with Gasteiger partial charge in [0.1, 0.15) is 17.2 Å². The molecule has 0 aromatic heterocycles. The molecule has 0 saturated carbocycles. The summed E-state index contributed by atoms with van der Waals surface area (Å²) in [4.78, 5) is 17.5. The molecule has 7 heteroatoms. The van der Waals surface area contributed by atoms with E-state index in [1.54, 1.807) is 21.3 Å². The Balaban J connectivity index is 1.35. The van der Waals surface area contributed by atoms with Crippen molar-refractivity contribution in [2.24, 2.45) is 0 Å². The van der Waals surface area contributed by atoms with E-state index in [9.17, 15) is 4.79 Å². The maximum Gasteiger partial charge on any atom is 0.318 e. The number of hydrogen-bond donors (Lipinski definition) is 1. The van der Waals surface area contributed by atoms with Crippen molar-refractivity contribution in [1.29, 1.82) is 0 Å². The van der Waals surface area contributed by atoms with Gasteiger partial charge in [-0.15, -0.1) is 0 Å². The highest BCUT2D eigenvalue weighted by Crippen LogP contribution is 2.38. The molecule has 2 amide bonds. The summed E-state index contributed by atoms with van der Waals surface area (Å²) in [6.45, 7) is 2.61. The smallest absolute Gasteiger partial charge is 0.318 e. The number of carbonyl (C=O) groups is 1. The first kappa shape index (κ1) is 22.1. The minimum atomic E-state index is 0.0215. The minimum Gasteiger partial charge on any atom is -0.497 e. The fourth-order valence-corrected chi connectivity index (χ4v) is 4.76. The van der Waals surface area contributed by atoms with Crippen molar-refractivity contribution in [2.45, 2.75) is 37.8 Å². The van der Waals surface area contributed by atoms with E-state index in [0.717, 1.165) is 68.1 Å².